The Labute approximate surface area is 429 Å². The molecule has 0 aliphatic carbocycles. The van der Waals surface area contributed by atoms with Crippen molar-refractivity contribution in [3.63, 3.8) is 0 Å². The summed E-state index contributed by atoms with van der Waals surface area (Å²) in [5, 5.41) is 15.3. The number of ether oxygens (including phenoxy) is 1. The lowest BCUT2D eigenvalue weighted by Crippen LogP contribution is -2.55. The molecule has 71 heavy (non-hydrogen) atoms. The number of para-hydroxylation sites is 1. The van der Waals surface area contributed by atoms with Gasteiger partial charge in [0.15, 0.2) is 21.5 Å². The number of hydrogen-bond donors (Lipinski definition) is 1. The summed E-state index contributed by atoms with van der Waals surface area (Å²) in [5.74, 6) is -0.0768. The first-order chi connectivity index (χ1) is 33.5. The molecule has 0 saturated carbocycles. The Bertz CT molecular complexity index is 2210. The molecule has 0 spiro atoms. The molecule has 0 fully saturated rings. The van der Waals surface area contributed by atoms with Crippen LogP contribution in [0.4, 0.5) is 5.69 Å². The molecule has 2 atom stereocenters. The summed E-state index contributed by atoms with van der Waals surface area (Å²) in [6, 6.07) is 20.7. The Hall–Kier alpha value is -4.46. The van der Waals surface area contributed by atoms with Crippen molar-refractivity contribution in [1.29, 1.82) is 0 Å². The van der Waals surface area contributed by atoms with Gasteiger partial charge in [-0.3, -0.25) is 19.7 Å². The number of hydrogen-bond acceptors (Lipinski definition) is 9. The lowest BCUT2D eigenvalue weighted by atomic mass is 10.0. The van der Waals surface area contributed by atoms with E-state index in [9.17, 15) is 23.3 Å². The van der Waals surface area contributed by atoms with Gasteiger partial charge in [0.2, 0.25) is 21.8 Å². The van der Waals surface area contributed by atoms with Crippen LogP contribution in [0.5, 0.6) is 5.75 Å². The van der Waals surface area contributed by atoms with E-state index in [0.717, 1.165) is 21.5 Å². The molecule has 0 radical (unpaired) electrons. The van der Waals surface area contributed by atoms with Crippen molar-refractivity contribution in [3.05, 3.63) is 125 Å². The lowest BCUT2D eigenvalue weighted by molar-refractivity contribution is -0.387. The topological polar surface area (TPSA) is 158 Å². The van der Waals surface area contributed by atoms with Crippen LogP contribution in [0.2, 0.25) is 33.2 Å². The van der Waals surface area contributed by atoms with Crippen LogP contribution >= 0.6 is 0 Å². The number of carbonyl (C=O) groups is 2. The molecule has 13 nitrogen and oxygen atoms in total. The number of nitrogens with zero attached hydrogens (tertiary/aromatic N) is 3. The highest BCUT2D eigenvalue weighted by Crippen LogP contribution is 2.43. The first-order valence-electron chi connectivity index (χ1n) is 25.6. The van der Waals surface area contributed by atoms with Gasteiger partial charge >= 0.3 is 0 Å². The molecule has 0 saturated heterocycles. The molecule has 0 unspecified atom stereocenters. The van der Waals surface area contributed by atoms with E-state index in [1.165, 1.54) is 24.3 Å². The molecule has 3 aromatic rings. The first-order valence-corrected chi connectivity index (χ1v) is 31.3. The zero-order valence-corrected chi connectivity index (χ0v) is 47.7. The minimum absolute atomic E-state index is 0.00628. The van der Waals surface area contributed by atoms with Gasteiger partial charge in [0.1, 0.15) is 18.4 Å². The normalized spacial score (nSPS) is 13.3. The second-order valence-electron chi connectivity index (χ2n) is 20.6. The van der Waals surface area contributed by atoms with Crippen LogP contribution in [0.1, 0.15) is 120 Å². The van der Waals surface area contributed by atoms with Crippen molar-refractivity contribution < 1.29 is 36.5 Å². The van der Waals surface area contributed by atoms with Crippen LogP contribution in [0.3, 0.4) is 0 Å². The van der Waals surface area contributed by atoms with Crippen molar-refractivity contribution in [2.24, 2.45) is 0 Å². The Balaban J connectivity index is 2.07. The highest BCUT2D eigenvalue weighted by molar-refractivity contribution is 7.89. The van der Waals surface area contributed by atoms with Crippen LogP contribution < -0.4 is 10.1 Å². The third kappa shape index (κ3) is 16.3. The summed E-state index contributed by atoms with van der Waals surface area (Å²) >= 11 is 0. The van der Waals surface area contributed by atoms with E-state index >= 15 is 4.79 Å². The van der Waals surface area contributed by atoms with Crippen molar-refractivity contribution >= 4 is 44.2 Å². The van der Waals surface area contributed by atoms with E-state index < -0.39 is 60.2 Å². The molecule has 0 heterocycles. The Morgan fingerprint density at radius 2 is 1.18 bits per heavy atom. The molecule has 0 aliphatic heterocycles. The predicted octanol–water partition coefficient (Wildman–Crippen LogP) is 12.4. The summed E-state index contributed by atoms with van der Waals surface area (Å²) in [7, 11) is -9.01. The fourth-order valence-electron chi connectivity index (χ4n) is 10.9. The number of sulfonamides is 1. The number of benzene rings is 3. The van der Waals surface area contributed by atoms with Crippen LogP contribution in [0.25, 0.3) is 0 Å². The molecule has 0 aliphatic rings. The molecule has 3 aromatic carbocycles. The Kier molecular flexibility index (Phi) is 24.6. The van der Waals surface area contributed by atoms with Gasteiger partial charge in [-0.15, -0.1) is 13.2 Å². The summed E-state index contributed by atoms with van der Waals surface area (Å²) < 4.78 is 49.8. The molecule has 3 rings (SSSR count). The van der Waals surface area contributed by atoms with E-state index in [-0.39, 0.29) is 38.4 Å². The van der Waals surface area contributed by atoms with Gasteiger partial charge in [0.05, 0.1) is 11.3 Å². The molecule has 0 aromatic heterocycles. The fraction of sp³-hybridized carbons (Fsp3) is 0.564. The quantitative estimate of drug-likeness (QED) is 0.0206. The lowest BCUT2D eigenvalue weighted by Gasteiger charge is -2.42. The Morgan fingerprint density at radius 3 is 1.68 bits per heavy atom. The average Bonchev–Trinajstić information content (AvgIpc) is 3.31. The van der Waals surface area contributed by atoms with E-state index in [2.05, 4.69) is 102 Å². The first kappa shape index (κ1) is 60.8. The van der Waals surface area contributed by atoms with Crippen molar-refractivity contribution in [2.45, 2.75) is 172 Å². The van der Waals surface area contributed by atoms with Gasteiger partial charge in [-0.1, -0.05) is 150 Å². The van der Waals surface area contributed by atoms with Gasteiger partial charge in [0.25, 0.3) is 5.69 Å². The maximum atomic E-state index is 15.1. The third-order valence-corrected chi connectivity index (χ3v) is 28.2. The van der Waals surface area contributed by atoms with E-state index in [1.54, 1.807) is 11.0 Å². The highest BCUT2D eigenvalue weighted by Gasteiger charge is 2.46. The zero-order valence-electron chi connectivity index (χ0n) is 44.9. The second kappa shape index (κ2) is 28.7. The van der Waals surface area contributed by atoms with Gasteiger partial charge in [0, 0.05) is 45.0 Å². The number of nitro groups is 1. The maximum absolute atomic E-state index is 15.1. The van der Waals surface area contributed by atoms with Crippen molar-refractivity contribution in [1.82, 2.24) is 14.5 Å². The number of nitro benzene ring substituents is 1. The van der Waals surface area contributed by atoms with E-state index in [1.807, 2.05) is 54.6 Å². The second-order valence-corrected chi connectivity index (χ2v) is 33.4. The van der Waals surface area contributed by atoms with Gasteiger partial charge in [-0.2, -0.15) is 4.31 Å². The van der Waals surface area contributed by atoms with E-state index in [4.69, 9.17) is 13.6 Å². The largest absolute Gasteiger partial charge is 0.489 e. The van der Waals surface area contributed by atoms with Crippen LogP contribution in [0.15, 0.2) is 109 Å². The average molecular weight is 1040 g/mol. The van der Waals surface area contributed by atoms with Crippen LogP contribution in [-0.2, 0) is 41.5 Å². The SMILES string of the molecule is C=CCN(C(=O)Cc1ccc(OCc2ccccc2)cc1)[C@@H](CCCO[Si](C(C)C)(C(C)C)C(C)C)C(=O)N[C@H](CCCO[Si](C(C)C)(C(C)C)C(C)C)CN(CC=C)S(=O)(=O)c1ccccc1[N+](=O)[O-]. The third-order valence-electron chi connectivity index (χ3n) is 14.1. The Morgan fingerprint density at radius 1 is 0.690 bits per heavy atom. The fourth-order valence-corrected chi connectivity index (χ4v) is 23.5. The summed E-state index contributed by atoms with van der Waals surface area (Å²) in [5.41, 5.74) is 3.28. The summed E-state index contributed by atoms with van der Waals surface area (Å²) in [6.45, 7) is 35.3. The van der Waals surface area contributed by atoms with E-state index in [0.29, 0.717) is 78.1 Å². The van der Waals surface area contributed by atoms with Gasteiger partial charge < -0.3 is 23.8 Å². The minimum Gasteiger partial charge on any atom is -0.489 e. The molecular formula is C55H86N4O9SSi2. The van der Waals surface area contributed by atoms with Crippen LogP contribution in [-0.4, -0.2) is 95.9 Å². The van der Waals surface area contributed by atoms with Gasteiger partial charge in [-0.05, 0) is 88.3 Å². The standard InChI is InChI=1S/C55H86N4O9SSi2/c1-15-34-57(69(64,65)53-29-21-20-27-51(53)59(62)63)39-49(26-22-36-67-70(41(3)4,42(5)6)43(7)8)56-55(61)52(28-23-37-68-71(44(9)10,45(11)12)46(13)14)58(35-16-2)54(60)38-47-30-32-50(33-31-47)66-40-48-24-18-17-19-25-48/h15-21,24-25,27,29-33,41-46,49,52H,1-2,22-23,26,28,34-40H2,3-14H3,(H,56,61)/t49-,52+/m1/s1. The summed E-state index contributed by atoms with van der Waals surface area (Å²) in [6.07, 6.45) is 4.59. The number of amides is 2. The highest BCUT2D eigenvalue weighted by atomic mass is 32.2. The van der Waals surface area contributed by atoms with Crippen molar-refractivity contribution in [2.75, 3.05) is 32.8 Å². The smallest absolute Gasteiger partial charge is 0.289 e. The number of carbonyl (C=O) groups excluding carboxylic acids is 2. The molecular weight excluding hydrogens is 949 g/mol. The van der Waals surface area contributed by atoms with Gasteiger partial charge in [-0.25, -0.2) is 8.42 Å². The number of rotatable bonds is 33. The maximum Gasteiger partial charge on any atom is 0.289 e. The molecule has 2 amide bonds. The zero-order chi connectivity index (χ0) is 53.1. The predicted molar refractivity (Wildman–Crippen MR) is 293 cm³/mol. The monoisotopic (exact) mass is 1030 g/mol. The number of nitrogens with one attached hydrogen (secondary N) is 1. The molecule has 394 valence electrons. The van der Waals surface area contributed by atoms with Crippen molar-refractivity contribution in [3.8, 4) is 5.75 Å². The minimum atomic E-state index is -4.48. The molecule has 16 heteroatoms. The molecule has 0 bridgehead atoms. The molecule has 1 N–H and O–H groups in total. The summed E-state index contributed by atoms with van der Waals surface area (Å²) in [4.78, 5) is 42.2. The van der Waals surface area contributed by atoms with Crippen LogP contribution in [0, 0.1) is 10.1 Å².